The molecule has 0 bridgehead atoms. The van der Waals surface area contributed by atoms with Crippen molar-refractivity contribution in [3.8, 4) is 0 Å². The zero-order valence-corrected chi connectivity index (χ0v) is 13.3. The number of hydrogen-bond donors (Lipinski definition) is 2. The van der Waals surface area contributed by atoms with E-state index in [4.69, 9.17) is 0 Å². The number of rotatable bonds is 2. The Morgan fingerprint density at radius 3 is 2.76 bits per heavy atom. The second kappa shape index (κ2) is 5.23. The molecule has 0 saturated heterocycles. The quantitative estimate of drug-likeness (QED) is 0.640. The zero-order chi connectivity index (χ0) is 14.2. The summed E-state index contributed by atoms with van der Waals surface area (Å²) in [6.45, 7) is 0. The lowest BCUT2D eigenvalue weighted by atomic mass is 9.91. The maximum Gasteiger partial charge on any atom is 0.0666 e. The Morgan fingerprint density at radius 1 is 1.05 bits per heavy atom. The highest BCUT2D eigenvalue weighted by Crippen LogP contribution is 2.39. The highest BCUT2D eigenvalue weighted by atomic mass is 79.9. The molecular formula is C18H17BrN2. The van der Waals surface area contributed by atoms with Crippen LogP contribution in [-0.4, -0.2) is 4.98 Å². The first-order valence-corrected chi connectivity index (χ1v) is 8.23. The van der Waals surface area contributed by atoms with Crippen LogP contribution in [0.4, 0.5) is 5.69 Å². The van der Waals surface area contributed by atoms with Gasteiger partial charge in [-0.1, -0.05) is 40.2 Å². The molecule has 1 atom stereocenters. The standard InChI is InChI=1S/C18H17BrN2/c19-14-9-5-10-15-17(14)13-8-4-11-16(18(13)21-15)20-12-6-2-1-3-7-12/h1-3,5-7,9-10,16,20-21H,4,8,11H2. The Bertz CT molecular complexity index is 777. The van der Waals surface area contributed by atoms with Crippen molar-refractivity contribution in [2.75, 3.05) is 5.32 Å². The van der Waals surface area contributed by atoms with Crippen molar-refractivity contribution in [2.45, 2.75) is 25.3 Å². The number of aryl methyl sites for hydroxylation is 1. The molecule has 1 heterocycles. The van der Waals surface area contributed by atoms with Crippen molar-refractivity contribution in [1.82, 2.24) is 4.98 Å². The summed E-state index contributed by atoms with van der Waals surface area (Å²) in [5.74, 6) is 0. The van der Waals surface area contributed by atoms with Gasteiger partial charge in [-0.15, -0.1) is 0 Å². The second-order valence-corrected chi connectivity index (χ2v) is 6.49. The number of halogens is 1. The van der Waals surface area contributed by atoms with Crippen LogP contribution >= 0.6 is 15.9 Å². The Kier molecular flexibility index (Phi) is 3.23. The van der Waals surface area contributed by atoms with E-state index in [1.807, 2.05) is 0 Å². The maximum absolute atomic E-state index is 3.70. The van der Waals surface area contributed by atoms with Gasteiger partial charge in [-0.3, -0.25) is 0 Å². The molecule has 1 unspecified atom stereocenters. The number of nitrogens with one attached hydrogen (secondary N) is 2. The summed E-state index contributed by atoms with van der Waals surface area (Å²) in [4.78, 5) is 3.63. The third kappa shape index (κ3) is 2.26. The van der Waals surface area contributed by atoms with Crippen LogP contribution in [0.25, 0.3) is 10.9 Å². The lowest BCUT2D eigenvalue weighted by Gasteiger charge is -2.25. The Hall–Kier alpha value is -1.74. The number of anilines is 1. The van der Waals surface area contributed by atoms with Crippen LogP contribution in [0.3, 0.4) is 0 Å². The molecule has 0 fully saturated rings. The number of hydrogen-bond acceptors (Lipinski definition) is 1. The fourth-order valence-corrected chi connectivity index (χ4v) is 3.96. The van der Waals surface area contributed by atoms with Gasteiger partial charge in [0.2, 0.25) is 0 Å². The minimum atomic E-state index is 0.371. The SMILES string of the molecule is Brc1cccc2[nH]c3c(c12)CCCC3Nc1ccccc1. The van der Waals surface area contributed by atoms with Gasteiger partial charge in [0.1, 0.15) is 0 Å². The predicted molar refractivity (Wildman–Crippen MR) is 91.7 cm³/mol. The topological polar surface area (TPSA) is 27.8 Å². The van der Waals surface area contributed by atoms with E-state index >= 15 is 0 Å². The molecule has 1 aliphatic rings. The first kappa shape index (κ1) is 13.0. The molecule has 21 heavy (non-hydrogen) atoms. The van der Waals surface area contributed by atoms with Gasteiger partial charge in [-0.25, -0.2) is 0 Å². The smallest absolute Gasteiger partial charge is 0.0666 e. The molecule has 1 aromatic heterocycles. The summed E-state index contributed by atoms with van der Waals surface area (Å²) in [5, 5.41) is 5.02. The minimum absolute atomic E-state index is 0.371. The predicted octanol–water partition coefficient (Wildman–Crippen LogP) is 5.42. The third-order valence-electron chi connectivity index (χ3n) is 4.29. The molecule has 2 nitrogen and oxygen atoms in total. The Balaban J connectivity index is 1.78. The van der Waals surface area contributed by atoms with E-state index in [2.05, 4.69) is 74.8 Å². The van der Waals surface area contributed by atoms with Crippen LogP contribution in [0.2, 0.25) is 0 Å². The molecule has 0 saturated carbocycles. The van der Waals surface area contributed by atoms with Crippen molar-refractivity contribution in [3.05, 3.63) is 64.3 Å². The van der Waals surface area contributed by atoms with Gasteiger partial charge in [0.15, 0.2) is 0 Å². The summed E-state index contributed by atoms with van der Waals surface area (Å²) in [6, 6.07) is 17.2. The van der Waals surface area contributed by atoms with Crippen molar-refractivity contribution in [3.63, 3.8) is 0 Å². The maximum atomic E-state index is 3.70. The van der Waals surface area contributed by atoms with Crippen molar-refractivity contribution in [1.29, 1.82) is 0 Å². The van der Waals surface area contributed by atoms with E-state index in [0.29, 0.717) is 6.04 Å². The Morgan fingerprint density at radius 2 is 1.90 bits per heavy atom. The van der Waals surface area contributed by atoms with Gasteiger partial charge in [-0.05, 0) is 49.1 Å². The molecule has 0 amide bonds. The van der Waals surface area contributed by atoms with Crippen LogP contribution in [0.5, 0.6) is 0 Å². The molecular weight excluding hydrogens is 324 g/mol. The van der Waals surface area contributed by atoms with Crippen LogP contribution in [-0.2, 0) is 6.42 Å². The molecule has 0 spiro atoms. The van der Waals surface area contributed by atoms with Gasteiger partial charge in [-0.2, -0.15) is 0 Å². The van der Waals surface area contributed by atoms with E-state index in [-0.39, 0.29) is 0 Å². The number of fused-ring (bicyclic) bond motifs is 3. The lowest BCUT2D eigenvalue weighted by molar-refractivity contribution is 0.592. The van der Waals surface area contributed by atoms with Crippen LogP contribution in [0, 0.1) is 0 Å². The van der Waals surface area contributed by atoms with Crippen LogP contribution < -0.4 is 5.32 Å². The number of H-pyrrole nitrogens is 1. The molecule has 0 aliphatic heterocycles. The van der Waals surface area contributed by atoms with Crippen molar-refractivity contribution in [2.24, 2.45) is 0 Å². The average molecular weight is 341 g/mol. The molecule has 0 radical (unpaired) electrons. The minimum Gasteiger partial charge on any atom is -0.377 e. The number of para-hydroxylation sites is 1. The summed E-state index contributed by atoms with van der Waals surface area (Å²) in [5.41, 5.74) is 5.24. The molecule has 3 heteroatoms. The highest BCUT2D eigenvalue weighted by molar-refractivity contribution is 9.10. The van der Waals surface area contributed by atoms with Gasteiger partial charge < -0.3 is 10.3 Å². The van der Waals surface area contributed by atoms with Crippen molar-refractivity contribution >= 4 is 32.5 Å². The van der Waals surface area contributed by atoms with E-state index in [1.54, 1.807) is 0 Å². The average Bonchev–Trinajstić information content (AvgIpc) is 2.89. The molecule has 2 N–H and O–H groups in total. The van der Waals surface area contributed by atoms with Gasteiger partial charge >= 0.3 is 0 Å². The van der Waals surface area contributed by atoms with Crippen molar-refractivity contribution < 1.29 is 0 Å². The molecule has 2 aromatic carbocycles. The fourth-order valence-electron chi connectivity index (χ4n) is 3.35. The molecule has 106 valence electrons. The van der Waals surface area contributed by atoms with Gasteiger partial charge in [0.05, 0.1) is 6.04 Å². The van der Waals surface area contributed by atoms with Gasteiger partial charge in [0, 0.05) is 26.8 Å². The molecule has 4 rings (SSSR count). The summed E-state index contributed by atoms with van der Waals surface area (Å²) in [6.07, 6.45) is 3.56. The summed E-state index contributed by atoms with van der Waals surface area (Å²) < 4.78 is 1.19. The second-order valence-electron chi connectivity index (χ2n) is 5.63. The molecule has 3 aromatic rings. The van der Waals surface area contributed by atoms with E-state index in [0.717, 1.165) is 6.42 Å². The number of aromatic amines is 1. The lowest BCUT2D eigenvalue weighted by Crippen LogP contribution is -2.17. The molecule has 1 aliphatic carbocycles. The van der Waals surface area contributed by atoms with Crippen LogP contribution in [0.1, 0.15) is 30.1 Å². The fraction of sp³-hybridized carbons (Fsp3) is 0.222. The summed E-state index contributed by atoms with van der Waals surface area (Å²) >= 11 is 3.70. The zero-order valence-electron chi connectivity index (χ0n) is 11.7. The van der Waals surface area contributed by atoms with E-state index in [1.165, 1.54) is 45.2 Å². The third-order valence-corrected chi connectivity index (χ3v) is 4.95. The number of aromatic nitrogens is 1. The first-order valence-electron chi connectivity index (χ1n) is 7.43. The largest absolute Gasteiger partial charge is 0.377 e. The van der Waals surface area contributed by atoms with E-state index in [9.17, 15) is 0 Å². The highest BCUT2D eigenvalue weighted by Gasteiger charge is 2.24. The number of benzene rings is 2. The Labute approximate surface area is 132 Å². The first-order chi connectivity index (χ1) is 10.3. The van der Waals surface area contributed by atoms with Gasteiger partial charge in [0.25, 0.3) is 0 Å². The normalized spacial score (nSPS) is 17.7. The monoisotopic (exact) mass is 340 g/mol. The summed E-state index contributed by atoms with van der Waals surface area (Å²) in [7, 11) is 0. The van der Waals surface area contributed by atoms with Crippen LogP contribution in [0.15, 0.2) is 53.0 Å². The van der Waals surface area contributed by atoms with E-state index < -0.39 is 0 Å².